The number of piperazine rings is 1. The van der Waals surface area contributed by atoms with Crippen molar-refractivity contribution >= 4 is 11.9 Å². The number of carboxylic acid groups (broad SMARTS) is 1. The van der Waals surface area contributed by atoms with E-state index in [2.05, 4.69) is 26.1 Å². The molecule has 2 atom stereocenters. The van der Waals surface area contributed by atoms with Crippen LogP contribution in [0.4, 0.5) is 0 Å². The van der Waals surface area contributed by atoms with E-state index in [1.54, 1.807) is 0 Å². The largest absolute Gasteiger partial charge is 0.481 e. The van der Waals surface area contributed by atoms with Gasteiger partial charge in [-0.3, -0.25) is 14.5 Å². The molecule has 1 aliphatic heterocycles. The number of nitrogens with zero attached hydrogens (tertiary/aromatic N) is 1. The fraction of sp³-hybridized carbons (Fsp3) is 0.846. The van der Waals surface area contributed by atoms with Crippen molar-refractivity contribution in [3.8, 4) is 0 Å². The maximum atomic E-state index is 11.7. The van der Waals surface area contributed by atoms with Crippen molar-refractivity contribution in [3.05, 3.63) is 0 Å². The Morgan fingerprint density at radius 2 is 2.17 bits per heavy atom. The Hall–Kier alpha value is -1.10. The summed E-state index contributed by atoms with van der Waals surface area (Å²) in [4.78, 5) is 24.6. The summed E-state index contributed by atoms with van der Waals surface area (Å²) in [7, 11) is 0. The number of aliphatic carboxylic acids is 1. The fourth-order valence-electron chi connectivity index (χ4n) is 2.65. The van der Waals surface area contributed by atoms with Gasteiger partial charge in [0.05, 0.1) is 12.5 Å². The molecule has 0 aromatic carbocycles. The van der Waals surface area contributed by atoms with Crippen molar-refractivity contribution in [3.63, 3.8) is 0 Å². The molecule has 104 valence electrons. The van der Waals surface area contributed by atoms with Gasteiger partial charge >= 0.3 is 5.97 Å². The molecule has 2 N–H and O–H groups in total. The van der Waals surface area contributed by atoms with Crippen LogP contribution >= 0.6 is 0 Å². The lowest BCUT2D eigenvalue weighted by atomic mass is 9.97. The molecule has 18 heavy (non-hydrogen) atoms. The quantitative estimate of drug-likeness (QED) is 0.742. The van der Waals surface area contributed by atoms with Crippen molar-refractivity contribution in [2.24, 2.45) is 11.8 Å². The van der Waals surface area contributed by atoms with Crippen LogP contribution in [0, 0.1) is 11.8 Å². The highest BCUT2D eigenvalue weighted by molar-refractivity contribution is 5.86. The first-order valence-corrected chi connectivity index (χ1v) is 6.63. The number of carbonyl (C=O) groups is 2. The number of amides is 1. The van der Waals surface area contributed by atoms with Gasteiger partial charge in [-0.05, 0) is 18.3 Å². The molecule has 1 amide bonds. The van der Waals surface area contributed by atoms with E-state index in [1.807, 2.05) is 4.90 Å². The Balaban J connectivity index is 2.59. The third-order valence-electron chi connectivity index (χ3n) is 3.23. The highest BCUT2D eigenvalue weighted by atomic mass is 16.4. The summed E-state index contributed by atoms with van der Waals surface area (Å²) in [5.41, 5.74) is 0. The second-order valence-electron chi connectivity index (χ2n) is 5.63. The highest BCUT2D eigenvalue weighted by Crippen LogP contribution is 2.16. The van der Waals surface area contributed by atoms with Crippen LogP contribution in [0.25, 0.3) is 0 Å². The summed E-state index contributed by atoms with van der Waals surface area (Å²) in [5.74, 6) is 0.0303. The van der Waals surface area contributed by atoms with Crippen molar-refractivity contribution in [1.29, 1.82) is 0 Å². The molecule has 0 spiro atoms. The zero-order valence-electron chi connectivity index (χ0n) is 11.5. The summed E-state index contributed by atoms with van der Waals surface area (Å²) in [6.45, 7) is 8.66. The van der Waals surface area contributed by atoms with Crippen molar-refractivity contribution < 1.29 is 14.7 Å². The van der Waals surface area contributed by atoms with Gasteiger partial charge in [0.1, 0.15) is 0 Å². The van der Waals surface area contributed by atoms with E-state index in [0.717, 1.165) is 19.5 Å². The van der Waals surface area contributed by atoms with Gasteiger partial charge in [0, 0.05) is 19.6 Å². The second kappa shape index (κ2) is 6.73. The van der Waals surface area contributed by atoms with Crippen LogP contribution < -0.4 is 5.32 Å². The first-order valence-electron chi connectivity index (χ1n) is 6.63. The van der Waals surface area contributed by atoms with Crippen molar-refractivity contribution in [2.75, 3.05) is 19.6 Å². The molecule has 5 nitrogen and oxygen atoms in total. The number of carboxylic acids is 1. The van der Waals surface area contributed by atoms with Crippen LogP contribution in [0.5, 0.6) is 0 Å². The minimum absolute atomic E-state index is 0.111. The monoisotopic (exact) mass is 256 g/mol. The van der Waals surface area contributed by atoms with E-state index in [1.165, 1.54) is 0 Å². The van der Waals surface area contributed by atoms with E-state index < -0.39 is 12.0 Å². The van der Waals surface area contributed by atoms with Crippen LogP contribution in [0.3, 0.4) is 0 Å². The Bertz CT molecular complexity index is 305. The molecule has 2 unspecified atom stereocenters. The molecule has 0 bridgehead atoms. The molecule has 0 aromatic heterocycles. The van der Waals surface area contributed by atoms with Crippen LogP contribution in [0.15, 0.2) is 0 Å². The zero-order valence-corrected chi connectivity index (χ0v) is 11.5. The number of nitrogens with one attached hydrogen (secondary N) is 1. The highest BCUT2D eigenvalue weighted by Gasteiger charge is 2.32. The van der Waals surface area contributed by atoms with Gasteiger partial charge in [0.2, 0.25) is 5.91 Å². The molecular weight excluding hydrogens is 232 g/mol. The van der Waals surface area contributed by atoms with Gasteiger partial charge in [0.25, 0.3) is 0 Å². The molecule has 0 radical (unpaired) electrons. The third kappa shape index (κ3) is 4.64. The van der Waals surface area contributed by atoms with Gasteiger partial charge < -0.3 is 10.4 Å². The SMILES string of the molecule is CC(C)CC(C)CN1CCNC(=O)C1CC(=O)O. The minimum Gasteiger partial charge on any atom is -0.481 e. The standard InChI is InChI=1S/C13H24N2O3/c1-9(2)6-10(3)8-15-5-4-14-13(18)11(15)7-12(16)17/h9-11H,4-8H2,1-3H3,(H,14,18)(H,16,17). The maximum Gasteiger partial charge on any atom is 0.305 e. The topological polar surface area (TPSA) is 69.6 Å². The van der Waals surface area contributed by atoms with Gasteiger partial charge in [-0.15, -0.1) is 0 Å². The number of carbonyl (C=O) groups excluding carboxylic acids is 1. The summed E-state index contributed by atoms with van der Waals surface area (Å²) < 4.78 is 0. The lowest BCUT2D eigenvalue weighted by molar-refractivity contribution is -0.143. The number of hydrogen-bond donors (Lipinski definition) is 2. The second-order valence-corrected chi connectivity index (χ2v) is 5.63. The van der Waals surface area contributed by atoms with Crippen LogP contribution in [-0.4, -0.2) is 47.6 Å². The lowest BCUT2D eigenvalue weighted by Gasteiger charge is -2.36. The molecule has 1 heterocycles. The van der Waals surface area contributed by atoms with E-state index in [4.69, 9.17) is 5.11 Å². The molecule has 5 heteroatoms. The Labute approximate surface area is 109 Å². The predicted molar refractivity (Wildman–Crippen MR) is 69.2 cm³/mol. The first kappa shape index (κ1) is 15.0. The fourth-order valence-corrected chi connectivity index (χ4v) is 2.65. The van der Waals surface area contributed by atoms with Gasteiger partial charge in [-0.1, -0.05) is 20.8 Å². The molecule has 1 fully saturated rings. The lowest BCUT2D eigenvalue weighted by Crippen LogP contribution is -2.56. The first-order chi connectivity index (χ1) is 8.40. The number of hydrogen-bond acceptors (Lipinski definition) is 3. The smallest absolute Gasteiger partial charge is 0.305 e. The van der Waals surface area contributed by atoms with Gasteiger partial charge in [-0.25, -0.2) is 0 Å². The van der Waals surface area contributed by atoms with Gasteiger partial charge in [0.15, 0.2) is 0 Å². The summed E-state index contributed by atoms with van der Waals surface area (Å²) >= 11 is 0. The molecular formula is C13H24N2O3. The Kier molecular flexibility index (Phi) is 5.59. The van der Waals surface area contributed by atoms with E-state index >= 15 is 0 Å². The summed E-state index contributed by atoms with van der Waals surface area (Å²) in [6.07, 6.45) is 0.984. The van der Waals surface area contributed by atoms with Gasteiger partial charge in [-0.2, -0.15) is 0 Å². The normalized spacial score (nSPS) is 22.9. The maximum absolute atomic E-state index is 11.7. The van der Waals surface area contributed by atoms with Crippen molar-refractivity contribution in [2.45, 2.75) is 39.7 Å². The Morgan fingerprint density at radius 3 is 2.72 bits per heavy atom. The Morgan fingerprint density at radius 1 is 1.50 bits per heavy atom. The molecule has 1 aliphatic rings. The zero-order chi connectivity index (χ0) is 13.7. The van der Waals surface area contributed by atoms with E-state index in [0.29, 0.717) is 18.4 Å². The summed E-state index contributed by atoms with van der Waals surface area (Å²) in [5, 5.41) is 11.6. The average Bonchev–Trinajstić information content (AvgIpc) is 2.21. The predicted octanol–water partition coefficient (Wildman–Crippen LogP) is 0.944. The third-order valence-corrected chi connectivity index (χ3v) is 3.23. The van der Waals surface area contributed by atoms with Crippen LogP contribution in [-0.2, 0) is 9.59 Å². The summed E-state index contributed by atoms with van der Waals surface area (Å²) in [6, 6.07) is -0.508. The van der Waals surface area contributed by atoms with Crippen LogP contribution in [0.2, 0.25) is 0 Å². The van der Waals surface area contributed by atoms with Crippen LogP contribution in [0.1, 0.15) is 33.6 Å². The van der Waals surface area contributed by atoms with E-state index in [9.17, 15) is 9.59 Å². The molecule has 1 saturated heterocycles. The average molecular weight is 256 g/mol. The molecule has 1 rings (SSSR count). The molecule has 0 aromatic rings. The molecule has 0 aliphatic carbocycles. The minimum atomic E-state index is -0.918. The van der Waals surface area contributed by atoms with Crippen molar-refractivity contribution in [1.82, 2.24) is 10.2 Å². The van der Waals surface area contributed by atoms with E-state index in [-0.39, 0.29) is 12.3 Å². The molecule has 0 saturated carbocycles. The number of rotatable bonds is 6.